The smallest absolute Gasteiger partial charge is 0.323 e. The lowest BCUT2D eigenvalue weighted by atomic mass is 10.1. The maximum atomic E-state index is 12.3. The Bertz CT molecular complexity index is 622. The van der Waals surface area contributed by atoms with Crippen molar-refractivity contribution in [1.29, 1.82) is 0 Å². The topological polar surface area (TPSA) is 59.4 Å². The Hall–Kier alpha value is -1.86. The molecular weight excluding hydrogens is 288 g/mol. The SMILES string of the molecule is COCCn1ccc(NC(=O)N2CCc3sccc3C2)n1. The Morgan fingerprint density at radius 2 is 2.43 bits per heavy atom. The zero-order valence-electron chi connectivity index (χ0n) is 11.9. The van der Waals surface area contributed by atoms with Crippen LogP contribution in [0.25, 0.3) is 0 Å². The van der Waals surface area contributed by atoms with Crippen LogP contribution in [0.5, 0.6) is 0 Å². The van der Waals surface area contributed by atoms with Gasteiger partial charge in [-0.3, -0.25) is 10.00 Å². The third-order valence-electron chi connectivity index (χ3n) is 3.50. The van der Waals surface area contributed by atoms with Crippen molar-refractivity contribution in [2.45, 2.75) is 19.5 Å². The lowest BCUT2D eigenvalue weighted by molar-refractivity contribution is 0.183. The molecule has 0 unspecified atom stereocenters. The highest BCUT2D eigenvalue weighted by Gasteiger charge is 2.21. The minimum Gasteiger partial charge on any atom is -0.383 e. The molecule has 2 aromatic rings. The van der Waals surface area contributed by atoms with Crippen molar-refractivity contribution in [2.24, 2.45) is 0 Å². The first-order valence-corrected chi connectivity index (χ1v) is 7.78. The van der Waals surface area contributed by atoms with Crippen molar-refractivity contribution in [2.75, 3.05) is 25.6 Å². The molecule has 0 bridgehead atoms. The Kier molecular flexibility index (Phi) is 4.21. The molecule has 1 N–H and O–H groups in total. The molecule has 3 rings (SSSR count). The number of amides is 2. The second-order valence-corrected chi connectivity index (χ2v) is 5.93. The monoisotopic (exact) mass is 306 g/mol. The van der Waals surface area contributed by atoms with Crippen molar-refractivity contribution in [3.05, 3.63) is 34.2 Å². The number of thiophene rings is 1. The van der Waals surface area contributed by atoms with Gasteiger partial charge in [-0.2, -0.15) is 5.10 Å². The molecule has 112 valence electrons. The minimum absolute atomic E-state index is 0.0937. The Balaban J connectivity index is 1.58. The zero-order valence-corrected chi connectivity index (χ0v) is 12.7. The third-order valence-corrected chi connectivity index (χ3v) is 4.52. The summed E-state index contributed by atoms with van der Waals surface area (Å²) in [6, 6.07) is 3.80. The minimum atomic E-state index is -0.0937. The standard InChI is InChI=1S/C14H18N4O2S/c1-20-8-7-18-6-3-13(16-18)15-14(19)17-5-2-12-11(10-17)4-9-21-12/h3-4,6,9H,2,5,7-8,10H2,1H3,(H,15,16,19). The fourth-order valence-corrected chi connectivity index (χ4v) is 3.24. The zero-order chi connectivity index (χ0) is 14.7. The number of nitrogens with zero attached hydrogens (tertiary/aromatic N) is 3. The predicted octanol–water partition coefficient (Wildman–Crippen LogP) is 2.18. The molecule has 1 aliphatic heterocycles. The molecule has 1 aliphatic rings. The maximum Gasteiger partial charge on any atom is 0.323 e. The number of carbonyl (C=O) groups excluding carboxylic acids is 1. The number of anilines is 1. The summed E-state index contributed by atoms with van der Waals surface area (Å²) < 4.78 is 6.76. The number of ether oxygens (including phenoxy) is 1. The van der Waals surface area contributed by atoms with Crippen LogP contribution in [0.15, 0.2) is 23.7 Å². The van der Waals surface area contributed by atoms with E-state index >= 15 is 0 Å². The van der Waals surface area contributed by atoms with Crippen LogP contribution >= 0.6 is 11.3 Å². The molecule has 2 aromatic heterocycles. The van der Waals surface area contributed by atoms with Crippen LogP contribution in [0.1, 0.15) is 10.4 Å². The lowest BCUT2D eigenvalue weighted by Gasteiger charge is -2.26. The van der Waals surface area contributed by atoms with E-state index in [9.17, 15) is 4.79 Å². The van der Waals surface area contributed by atoms with Gasteiger partial charge >= 0.3 is 6.03 Å². The van der Waals surface area contributed by atoms with E-state index in [0.29, 0.717) is 25.5 Å². The highest BCUT2D eigenvalue weighted by molar-refractivity contribution is 7.10. The first kappa shape index (κ1) is 14.1. The Morgan fingerprint density at radius 3 is 3.29 bits per heavy atom. The van der Waals surface area contributed by atoms with Crippen molar-refractivity contribution in [3.63, 3.8) is 0 Å². The third kappa shape index (κ3) is 3.25. The Morgan fingerprint density at radius 1 is 1.52 bits per heavy atom. The normalized spacial score (nSPS) is 14.0. The van der Waals surface area contributed by atoms with Gasteiger partial charge in [-0.05, 0) is 23.4 Å². The molecule has 0 aromatic carbocycles. The number of carbonyl (C=O) groups is 1. The number of methoxy groups -OCH3 is 1. The molecule has 21 heavy (non-hydrogen) atoms. The van der Waals surface area contributed by atoms with Gasteiger partial charge in [-0.1, -0.05) is 0 Å². The lowest BCUT2D eigenvalue weighted by Crippen LogP contribution is -2.38. The number of hydrogen-bond acceptors (Lipinski definition) is 4. The summed E-state index contributed by atoms with van der Waals surface area (Å²) in [4.78, 5) is 15.5. The highest BCUT2D eigenvalue weighted by Crippen LogP contribution is 2.24. The summed E-state index contributed by atoms with van der Waals surface area (Å²) in [6.45, 7) is 2.70. The fourth-order valence-electron chi connectivity index (χ4n) is 2.35. The summed E-state index contributed by atoms with van der Waals surface area (Å²) in [5, 5.41) is 9.23. The second-order valence-electron chi connectivity index (χ2n) is 4.93. The second kappa shape index (κ2) is 6.28. The van der Waals surface area contributed by atoms with Crippen molar-refractivity contribution >= 4 is 23.2 Å². The van der Waals surface area contributed by atoms with Gasteiger partial charge in [-0.25, -0.2) is 4.79 Å². The maximum absolute atomic E-state index is 12.3. The summed E-state index contributed by atoms with van der Waals surface area (Å²) in [5.74, 6) is 0.576. The molecular formula is C14H18N4O2S. The van der Waals surface area contributed by atoms with Gasteiger partial charge in [0.2, 0.25) is 0 Å². The summed E-state index contributed by atoms with van der Waals surface area (Å²) in [7, 11) is 1.65. The number of nitrogens with one attached hydrogen (secondary N) is 1. The van der Waals surface area contributed by atoms with E-state index < -0.39 is 0 Å². The quantitative estimate of drug-likeness (QED) is 0.942. The molecule has 0 saturated carbocycles. The van der Waals surface area contributed by atoms with Crippen LogP contribution in [0.4, 0.5) is 10.6 Å². The largest absolute Gasteiger partial charge is 0.383 e. The van der Waals surface area contributed by atoms with E-state index in [1.807, 2.05) is 11.1 Å². The summed E-state index contributed by atoms with van der Waals surface area (Å²) in [5.41, 5.74) is 1.26. The van der Waals surface area contributed by atoms with Gasteiger partial charge in [0.15, 0.2) is 5.82 Å². The molecule has 0 saturated heterocycles. The van der Waals surface area contributed by atoms with Gasteiger partial charge in [0.25, 0.3) is 0 Å². The first-order valence-electron chi connectivity index (χ1n) is 6.90. The van der Waals surface area contributed by atoms with Crippen molar-refractivity contribution in [3.8, 4) is 0 Å². The van der Waals surface area contributed by atoms with Crippen LogP contribution < -0.4 is 5.32 Å². The molecule has 0 aliphatic carbocycles. The number of aromatic nitrogens is 2. The van der Waals surface area contributed by atoms with Crippen LogP contribution in [-0.2, 0) is 24.2 Å². The Labute approximate surface area is 127 Å². The highest BCUT2D eigenvalue weighted by atomic mass is 32.1. The van der Waals surface area contributed by atoms with Crippen LogP contribution in [0.2, 0.25) is 0 Å². The van der Waals surface area contributed by atoms with E-state index in [0.717, 1.165) is 13.0 Å². The van der Waals surface area contributed by atoms with Crippen molar-refractivity contribution in [1.82, 2.24) is 14.7 Å². The van der Waals surface area contributed by atoms with E-state index in [2.05, 4.69) is 21.9 Å². The van der Waals surface area contributed by atoms with Gasteiger partial charge in [0, 0.05) is 37.3 Å². The molecule has 6 nitrogen and oxygen atoms in total. The van der Waals surface area contributed by atoms with Crippen LogP contribution in [0, 0.1) is 0 Å². The number of urea groups is 1. The van der Waals surface area contributed by atoms with Crippen molar-refractivity contribution < 1.29 is 9.53 Å². The average molecular weight is 306 g/mol. The van der Waals surface area contributed by atoms with Crippen LogP contribution in [0.3, 0.4) is 0 Å². The molecule has 0 atom stereocenters. The molecule has 2 amide bonds. The summed E-state index contributed by atoms with van der Waals surface area (Å²) in [6.07, 6.45) is 2.77. The van der Waals surface area contributed by atoms with Crippen LogP contribution in [-0.4, -0.2) is 41.0 Å². The summed E-state index contributed by atoms with van der Waals surface area (Å²) >= 11 is 1.77. The number of rotatable bonds is 4. The van der Waals surface area contributed by atoms with Gasteiger partial charge < -0.3 is 9.64 Å². The van der Waals surface area contributed by atoms with E-state index in [-0.39, 0.29) is 6.03 Å². The predicted molar refractivity (Wildman–Crippen MR) is 81.6 cm³/mol. The molecule has 3 heterocycles. The number of fused-ring (bicyclic) bond motifs is 1. The fraction of sp³-hybridized carbons (Fsp3) is 0.429. The van der Waals surface area contributed by atoms with Gasteiger partial charge in [0.05, 0.1) is 13.2 Å². The number of hydrogen-bond donors (Lipinski definition) is 1. The molecule has 0 radical (unpaired) electrons. The molecule has 7 heteroatoms. The van der Waals surface area contributed by atoms with E-state index in [1.54, 1.807) is 29.2 Å². The molecule has 0 spiro atoms. The van der Waals surface area contributed by atoms with Gasteiger partial charge in [0.1, 0.15) is 0 Å². The first-order chi connectivity index (χ1) is 10.3. The van der Waals surface area contributed by atoms with E-state index in [4.69, 9.17) is 4.74 Å². The average Bonchev–Trinajstić information content (AvgIpc) is 3.12. The van der Waals surface area contributed by atoms with Gasteiger partial charge in [-0.15, -0.1) is 11.3 Å². The molecule has 0 fully saturated rings. The van der Waals surface area contributed by atoms with E-state index in [1.165, 1.54) is 10.4 Å².